The number of carbonyl (C=O) groups is 2. The van der Waals surface area contributed by atoms with Gasteiger partial charge < -0.3 is 14.8 Å². The lowest BCUT2D eigenvalue weighted by molar-refractivity contribution is -0.141. The highest BCUT2D eigenvalue weighted by Crippen LogP contribution is 2.24. The van der Waals surface area contributed by atoms with Crippen LogP contribution in [-0.4, -0.2) is 19.0 Å². The number of ether oxygens (including phenoxy) is 2. The van der Waals surface area contributed by atoms with E-state index in [1.165, 1.54) is 18.4 Å². The molecule has 0 aliphatic carbocycles. The summed E-state index contributed by atoms with van der Waals surface area (Å²) in [5, 5.41) is 14.0. The van der Waals surface area contributed by atoms with Gasteiger partial charge in [0.05, 0.1) is 31.2 Å². The number of carbonyl (C=O) groups excluding carboxylic acids is 2. The first-order chi connectivity index (χ1) is 14.6. The molecule has 1 N–H and O–H groups in total. The van der Waals surface area contributed by atoms with Gasteiger partial charge in [-0.1, -0.05) is 30.3 Å². The predicted octanol–water partition coefficient (Wildman–Crippen LogP) is 4.23. The van der Waals surface area contributed by atoms with Crippen molar-refractivity contribution in [3.8, 4) is 11.8 Å². The Balaban J connectivity index is 1.70. The number of benzene rings is 2. The van der Waals surface area contributed by atoms with E-state index in [4.69, 9.17) is 9.47 Å². The minimum atomic E-state index is -0.475. The Labute approximate surface area is 178 Å². The molecule has 3 rings (SSSR count). The fourth-order valence-electron chi connectivity index (χ4n) is 2.85. The van der Waals surface area contributed by atoms with Gasteiger partial charge in [-0.2, -0.15) is 5.26 Å². The molecule has 0 spiro atoms. The van der Waals surface area contributed by atoms with Gasteiger partial charge in [0.15, 0.2) is 0 Å². The van der Waals surface area contributed by atoms with Crippen molar-refractivity contribution < 1.29 is 19.1 Å². The third-order valence-electron chi connectivity index (χ3n) is 4.42. The van der Waals surface area contributed by atoms with Gasteiger partial charge in [0, 0.05) is 16.0 Å². The Hall–Kier alpha value is -3.63. The molecule has 1 heterocycles. The third kappa shape index (κ3) is 5.46. The second-order valence-corrected chi connectivity index (χ2v) is 7.39. The lowest BCUT2D eigenvalue weighted by Crippen LogP contribution is -2.30. The van der Waals surface area contributed by atoms with Gasteiger partial charge in [-0.25, -0.2) is 0 Å². The second-order valence-electron chi connectivity index (χ2n) is 6.41. The number of nitrogens with one attached hydrogen (secondary N) is 1. The third-order valence-corrected chi connectivity index (χ3v) is 5.40. The smallest absolute Gasteiger partial charge is 0.307 e. The number of hydrogen-bond acceptors (Lipinski definition) is 6. The van der Waals surface area contributed by atoms with Crippen LogP contribution in [-0.2, 0) is 16.1 Å². The van der Waals surface area contributed by atoms with Gasteiger partial charge in [0.2, 0.25) is 0 Å². The van der Waals surface area contributed by atoms with Crippen molar-refractivity contribution in [1.82, 2.24) is 5.32 Å². The average Bonchev–Trinajstić information content (AvgIpc) is 3.32. The normalized spacial score (nSPS) is 11.2. The summed E-state index contributed by atoms with van der Waals surface area (Å²) >= 11 is 1.46. The Morgan fingerprint density at radius 1 is 1.13 bits per heavy atom. The first kappa shape index (κ1) is 21.1. The summed E-state index contributed by atoms with van der Waals surface area (Å²) in [6, 6.07) is 19.4. The molecule has 1 aromatic heterocycles. The molecule has 0 aliphatic rings. The molecule has 1 atom stereocenters. The molecule has 0 saturated carbocycles. The Bertz CT molecular complexity index is 1060. The highest BCUT2D eigenvalue weighted by Gasteiger charge is 2.20. The first-order valence-corrected chi connectivity index (χ1v) is 10.1. The first-order valence-electron chi connectivity index (χ1n) is 9.22. The van der Waals surface area contributed by atoms with Crippen LogP contribution in [0.25, 0.3) is 0 Å². The van der Waals surface area contributed by atoms with E-state index < -0.39 is 12.0 Å². The fourth-order valence-corrected chi connectivity index (χ4v) is 3.63. The molecule has 1 amide bonds. The zero-order chi connectivity index (χ0) is 21.3. The molecule has 7 heteroatoms. The van der Waals surface area contributed by atoms with Crippen LogP contribution in [0.1, 0.15) is 38.8 Å². The Morgan fingerprint density at radius 2 is 1.97 bits per heavy atom. The van der Waals surface area contributed by atoms with Crippen LogP contribution in [0.3, 0.4) is 0 Å². The zero-order valence-corrected chi connectivity index (χ0v) is 17.1. The zero-order valence-electron chi connectivity index (χ0n) is 16.3. The SMILES string of the molecule is COC(=O)CC(NC(=O)c1cccc(OCc2ccccc2C#N)c1)c1cccs1. The highest BCUT2D eigenvalue weighted by atomic mass is 32.1. The van der Waals surface area contributed by atoms with Crippen LogP contribution in [0.4, 0.5) is 0 Å². The molecule has 0 bridgehead atoms. The molecule has 0 aliphatic heterocycles. The lowest BCUT2D eigenvalue weighted by atomic mass is 10.1. The van der Waals surface area contributed by atoms with E-state index in [0.29, 0.717) is 16.9 Å². The van der Waals surface area contributed by atoms with Crippen LogP contribution in [0.5, 0.6) is 5.75 Å². The lowest BCUT2D eigenvalue weighted by Gasteiger charge is -2.17. The minimum absolute atomic E-state index is 0.0455. The van der Waals surface area contributed by atoms with Gasteiger partial charge >= 0.3 is 5.97 Å². The van der Waals surface area contributed by atoms with Crippen molar-refractivity contribution in [2.45, 2.75) is 19.1 Å². The minimum Gasteiger partial charge on any atom is -0.489 e. The summed E-state index contributed by atoms with van der Waals surface area (Å²) in [6.07, 6.45) is 0.0455. The largest absolute Gasteiger partial charge is 0.489 e. The van der Waals surface area contributed by atoms with E-state index in [0.717, 1.165) is 10.4 Å². The van der Waals surface area contributed by atoms with Crippen LogP contribution in [0, 0.1) is 11.3 Å². The number of nitrogens with zero attached hydrogens (tertiary/aromatic N) is 1. The monoisotopic (exact) mass is 420 g/mol. The summed E-state index contributed by atoms with van der Waals surface area (Å²) in [4.78, 5) is 25.4. The van der Waals surface area contributed by atoms with Crippen LogP contribution in [0.15, 0.2) is 66.0 Å². The maximum absolute atomic E-state index is 12.8. The molecule has 30 heavy (non-hydrogen) atoms. The number of esters is 1. The average molecular weight is 420 g/mol. The van der Waals surface area contributed by atoms with Crippen LogP contribution >= 0.6 is 11.3 Å². The van der Waals surface area contributed by atoms with Crippen molar-refractivity contribution in [1.29, 1.82) is 5.26 Å². The van der Waals surface area contributed by atoms with Crippen LogP contribution in [0.2, 0.25) is 0 Å². The number of hydrogen-bond donors (Lipinski definition) is 1. The van der Waals surface area contributed by atoms with E-state index in [9.17, 15) is 14.9 Å². The molecule has 3 aromatic rings. The molecular weight excluding hydrogens is 400 g/mol. The predicted molar refractivity (Wildman–Crippen MR) is 113 cm³/mol. The van der Waals surface area contributed by atoms with E-state index in [2.05, 4.69) is 11.4 Å². The summed E-state index contributed by atoms with van der Waals surface area (Å²) < 4.78 is 10.5. The topological polar surface area (TPSA) is 88.4 Å². The quantitative estimate of drug-likeness (QED) is 0.551. The van der Waals surface area contributed by atoms with Gasteiger partial charge in [0.25, 0.3) is 5.91 Å². The standard InChI is InChI=1S/C23H20N2O4S/c1-28-22(26)13-20(21-10-5-11-30-21)25-23(27)16-8-4-9-19(12-16)29-15-18-7-3-2-6-17(18)14-24/h2-12,20H,13,15H2,1H3,(H,25,27). The maximum Gasteiger partial charge on any atom is 0.307 e. The fraction of sp³-hybridized carbons (Fsp3) is 0.174. The molecule has 0 radical (unpaired) electrons. The van der Waals surface area contributed by atoms with Crippen molar-refractivity contribution in [2.75, 3.05) is 7.11 Å². The van der Waals surface area contributed by atoms with Gasteiger partial charge in [-0.15, -0.1) is 11.3 Å². The molecule has 1 unspecified atom stereocenters. The van der Waals surface area contributed by atoms with E-state index >= 15 is 0 Å². The van der Waals surface area contributed by atoms with Crippen molar-refractivity contribution in [2.24, 2.45) is 0 Å². The second kappa shape index (κ2) is 10.2. The Morgan fingerprint density at radius 3 is 2.70 bits per heavy atom. The van der Waals surface area contributed by atoms with Gasteiger partial charge in [0.1, 0.15) is 12.4 Å². The van der Waals surface area contributed by atoms with Crippen molar-refractivity contribution in [3.05, 3.63) is 87.6 Å². The number of thiophene rings is 1. The maximum atomic E-state index is 12.8. The number of nitriles is 1. The van der Waals surface area contributed by atoms with E-state index in [-0.39, 0.29) is 18.9 Å². The van der Waals surface area contributed by atoms with Crippen molar-refractivity contribution >= 4 is 23.2 Å². The van der Waals surface area contributed by atoms with E-state index in [1.54, 1.807) is 36.4 Å². The van der Waals surface area contributed by atoms with E-state index in [1.807, 2.05) is 29.6 Å². The number of methoxy groups -OCH3 is 1. The highest BCUT2D eigenvalue weighted by molar-refractivity contribution is 7.10. The number of amides is 1. The molecule has 0 saturated heterocycles. The van der Waals surface area contributed by atoms with Crippen molar-refractivity contribution in [3.63, 3.8) is 0 Å². The Kier molecular flexibility index (Phi) is 7.19. The molecular formula is C23H20N2O4S. The van der Waals surface area contributed by atoms with Gasteiger partial charge in [-0.05, 0) is 35.7 Å². The molecule has 2 aromatic carbocycles. The molecule has 6 nitrogen and oxygen atoms in total. The summed E-state index contributed by atoms with van der Waals surface area (Å²) in [7, 11) is 1.32. The number of rotatable bonds is 8. The molecule has 152 valence electrons. The molecule has 0 fully saturated rings. The summed E-state index contributed by atoms with van der Waals surface area (Å²) in [5.74, 6) is -0.210. The summed E-state index contributed by atoms with van der Waals surface area (Å²) in [6.45, 7) is 0.217. The summed E-state index contributed by atoms with van der Waals surface area (Å²) in [5.41, 5.74) is 1.73. The van der Waals surface area contributed by atoms with Crippen LogP contribution < -0.4 is 10.1 Å². The van der Waals surface area contributed by atoms with Gasteiger partial charge in [-0.3, -0.25) is 9.59 Å².